The number of hydrogen-bond donors (Lipinski definition) is 2. The summed E-state index contributed by atoms with van der Waals surface area (Å²) in [6, 6.07) is 1.67. The lowest BCUT2D eigenvalue weighted by Gasteiger charge is -2.38. The molecule has 19 heavy (non-hydrogen) atoms. The number of aryl methyl sites for hydroxylation is 2. The first kappa shape index (κ1) is 15.2. The predicted octanol–water partition coefficient (Wildman–Crippen LogP) is 1.35. The molecule has 1 aromatic heterocycles. The number of aromatic nitrogens is 2. The molecular weight excluding hydrogens is 246 g/mol. The van der Waals surface area contributed by atoms with E-state index in [-0.39, 0.29) is 5.91 Å². The summed E-state index contributed by atoms with van der Waals surface area (Å²) in [5, 5.41) is 16.1. The van der Waals surface area contributed by atoms with Crippen molar-refractivity contribution in [3.05, 3.63) is 17.5 Å². The highest BCUT2D eigenvalue weighted by atomic mass is 16.4. The molecule has 1 rings (SSSR count). The zero-order valence-corrected chi connectivity index (χ0v) is 12.2. The summed E-state index contributed by atoms with van der Waals surface area (Å²) in [4.78, 5) is 23.5. The molecule has 0 aromatic carbocycles. The smallest absolute Gasteiger partial charge is 0.311 e. The van der Waals surface area contributed by atoms with E-state index in [1.54, 1.807) is 47.7 Å². The molecule has 1 heterocycles. The predicted molar refractivity (Wildman–Crippen MR) is 70.9 cm³/mol. The number of amides is 1. The van der Waals surface area contributed by atoms with Crippen LogP contribution in [0, 0.1) is 12.3 Å². The van der Waals surface area contributed by atoms with Crippen molar-refractivity contribution in [2.24, 2.45) is 12.5 Å². The number of nitrogens with one attached hydrogen (secondary N) is 1. The van der Waals surface area contributed by atoms with Gasteiger partial charge < -0.3 is 10.4 Å². The first-order valence-corrected chi connectivity index (χ1v) is 6.05. The van der Waals surface area contributed by atoms with E-state index in [0.717, 1.165) is 5.69 Å². The molecule has 1 amide bonds. The van der Waals surface area contributed by atoms with Gasteiger partial charge in [-0.1, -0.05) is 0 Å². The second kappa shape index (κ2) is 4.68. The first-order valence-electron chi connectivity index (χ1n) is 6.05. The molecule has 0 aliphatic rings. The van der Waals surface area contributed by atoms with Crippen LogP contribution in [0.4, 0.5) is 0 Å². The van der Waals surface area contributed by atoms with E-state index >= 15 is 0 Å². The van der Waals surface area contributed by atoms with Gasteiger partial charge in [0.15, 0.2) is 0 Å². The molecule has 0 radical (unpaired) electrons. The first-order chi connectivity index (χ1) is 8.49. The van der Waals surface area contributed by atoms with Crippen molar-refractivity contribution in [1.82, 2.24) is 15.1 Å². The number of carbonyl (C=O) groups excluding carboxylic acids is 1. The van der Waals surface area contributed by atoms with Crippen LogP contribution in [-0.4, -0.2) is 32.3 Å². The highest BCUT2D eigenvalue weighted by Crippen LogP contribution is 2.30. The Morgan fingerprint density at radius 3 is 2.21 bits per heavy atom. The maximum absolute atomic E-state index is 12.2. The summed E-state index contributed by atoms with van der Waals surface area (Å²) in [7, 11) is 1.68. The Morgan fingerprint density at radius 1 is 1.32 bits per heavy atom. The van der Waals surface area contributed by atoms with Crippen molar-refractivity contribution >= 4 is 11.9 Å². The van der Waals surface area contributed by atoms with Crippen molar-refractivity contribution in [3.63, 3.8) is 0 Å². The van der Waals surface area contributed by atoms with Crippen LogP contribution in [0.25, 0.3) is 0 Å². The standard InChI is InChI=1S/C13H21N3O3/c1-8-7-9(16(6)15-8)10(17)14-13(4,5)12(2,3)11(18)19/h7H,1-6H3,(H,14,17)(H,18,19). The van der Waals surface area contributed by atoms with Crippen molar-refractivity contribution in [2.75, 3.05) is 0 Å². The lowest BCUT2D eigenvalue weighted by Crippen LogP contribution is -2.57. The van der Waals surface area contributed by atoms with Gasteiger partial charge in [-0.15, -0.1) is 0 Å². The van der Waals surface area contributed by atoms with Gasteiger partial charge in [0.2, 0.25) is 0 Å². The molecule has 2 N–H and O–H groups in total. The quantitative estimate of drug-likeness (QED) is 0.862. The molecule has 0 spiro atoms. The molecule has 0 unspecified atom stereocenters. The molecule has 6 nitrogen and oxygen atoms in total. The van der Waals surface area contributed by atoms with E-state index in [2.05, 4.69) is 10.4 Å². The van der Waals surface area contributed by atoms with Gasteiger partial charge in [0.1, 0.15) is 5.69 Å². The largest absolute Gasteiger partial charge is 0.481 e. The number of rotatable bonds is 4. The Morgan fingerprint density at radius 2 is 1.84 bits per heavy atom. The molecular formula is C13H21N3O3. The summed E-state index contributed by atoms with van der Waals surface area (Å²) in [5.74, 6) is -1.29. The third-order valence-corrected chi connectivity index (χ3v) is 3.76. The minimum atomic E-state index is -1.09. The van der Waals surface area contributed by atoms with Crippen LogP contribution in [-0.2, 0) is 11.8 Å². The van der Waals surface area contributed by atoms with Gasteiger partial charge in [-0.25, -0.2) is 0 Å². The maximum atomic E-state index is 12.2. The summed E-state index contributed by atoms with van der Waals surface area (Å²) in [6.07, 6.45) is 0. The second-order valence-electron chi connectivity index (χ2n) is 5.80. The molecule has 1 aromatic rings. The van der Waals surface area contributed by atoms with Gasteiger partial charge >= 0.3 is 5.97 Å². The fraction of sp³-hybridized carbons (Fsp3) is 0.615. The molecule has 0 atom stereocenters. The molecule has 0 aliphatic carbocycles. The number of carbonyl (C=O) groups is 2. The van der Waals surface area contributed by atoms with Crippen LogP contribution >= 0.6 is 0 Å². The van der Waals surface area contributed by atoms with Gasteiger partial charge in [-0.05, 0) is 40.7 Å². The summed E-state index contributed by atoms with van der Waals surface area (Å²) >= 11 is 0. The SMILES string of the molecule is Cc1cc(C(=O)NC(C)(C)C(C)(C)C(=O)O)n(C)n1. The van der Waals surface area contributed by atoms with E-state index in [4.69, 9.17) is 0 Å². The molecule has 106 valence electrons. The molecule has 0 saturated carbocycles. The summed E-state index contributed by atoms with van der Waals surface area (Å²) in [6.45, 7) is 8.36. The van der Waals surface area contributed by atoms with E-state index in [0.29, 0.717) is 5.69 Å². The van der Waals surface area contributed by atoms with Crippen LogP contribution in [0.2, 0.25) is 0 Å². The van der Waals surface area contributed by atoms with Gasteiger partial charge in [0.25, 0.3) is 5.91 Å². The van der Waals surface area contributed by atoms with Crippen LogP contribution in [0.3, 0.4) is 0 Å². The number of carboxylic acid groups (broad SMARTS) is 1. The third-order valence-electron chi connectivity index (χ3n) is 3.76. The highest BCUT2D eigenvalue weighted by molar-refractivity contribution is 5.93. The van der Waals surface area contributed by atoms with Crippen LogP contribution < -0.4 is 5.32 Å². The molecule has 0 saturated heterocycles. The average molecular weight is 267 g/mol. The third kappa shape index (κ3) is 2.77. The Hall–Kier alpha value is -1.85. The summed E-state index contributed by atoms with van der Waals surface area (Å²) < 4.78 is 1.48. The van der Waals surface area contributed by atoms with E-state index in [1.165, 1.54) is 4.68 Å². The van der Waals surface area contributed by atoms with Crippen molar-refractivity contribution in [1.29, 1.82) is 0 Å². The Balaban J connectivity index is 2.99. The van der Waals surface area contributed by atoms with Crippen LogP contribution in [0.1, 0.15) is 43.9 Å². The van der Waals surface area contributed by atoms with Crippen LogP contribution in [0.15, 0.2) is 6.07 Å². The molecule has 0 bridgehead atoms. The fourth-order valence-corrected chi connectivity index (χ4v) is 1.59. The van der Waals surface area contributed by atoms with Gasteiger partial charge in [-0.3, -0.25) is 14.3 Å². The highest BCUT2D eigenvalue weighted by Gasteiger charge is 2.44. The number of hydrogen-bond acceptors (Lipinski definition) is 3. The van der Waals surface area contributed by atoms with Crippen molar-refractivity contribution in [3.8, 4) is 0 Å². The minimum Gasteiger partial charge on any atom is -0.481 e. The lowest BCUT2D eigenvalue weighted by molar-refractivity contribution is -0.150. The number of carboxylic acids is 1. The van der Waals surface area contributed by atoms with Crippen LogP contribution in [0.5, 0.6) is 0 Å². The van der Waals surface area contributed by atoms with Gasteiger partial charge in [0, 0.05) is 7.05 Å². The fourth-order valence-electron chi connectivity index (χ4n) is 1.59. The van der Waals surface area contributed by atoms with E-state index in [9.17, 15) is 14.7 Å². The minimum absolute atomic E-state index is 0.331. The lowest BCUT2D eigenvalue weighted by atomic mass is 9.74. The van der Waals surface area contributed by atoms with E-state index in [1.807, 2.05) is 0 Å². The Kier molecular flexibility index (Phi) is 3.74. The monoisotopic (exact) mass is 267 g/mol. The van der Waals surface area contributed by atoms with E-state index < -0.39 is 16.9 Å². The molecule has 0 aliphatic heterocycles. The Bertz CT molecular complexity index is 515. The van der Waals surface area contributed by atoms with Gasteiger partial charge in [0.05, 0.1) is 16.6 Å². The molecule has 6 heteroatoms. The van der Waals surface area contributed by atoms with Crippen molar-refractivity contribution < 1.29 is 14.7 Å². The number of aliphatic carboxylic acids is 1. The molecule has 0 fully saturated rings. The summed E-state index contributed by atoms with van der Waals surface area (Å²) in [5.41, 5.74) is -0.834. The zero-order chi connectivity index (χ0) is 15.0. The van der Waals surface area contributed by atoms with Gasteiger partial charge in [-0.2, -0.15) is 5.10 Å². The average Bonchev–Trinajstić information content (AvgIpc) is 2.56. The normalized spacial score (nSPS) is 12.3. The Labute approximate surface area is 112 Å². The number of nitrogens with zero attached hydrogens (tertiary/aromatic N) is 2. The topological polar surface area (TPSA) is 84.2 Å². The van der Waals surface area contributed by atoms with Crippen molar-refractivity contribution in [2.45, 2.75) is 40.2 Å². The maximum Gasteiger partial charge on any atom is 0.311 e. The second-order valence-corrected chi connectivity index (χ2v) is 5.80. The zero-order valence-electron chi connectivity index (χ0n) is 12.2.